The minimum atomic E-state index is -1.77. The number of hydrogen-bond acceptors (Lipinski definition) is 7. The molecule has 7 nitrogen and oxygen atoms in total. The van der Waals surface area contributed by atoms with E-state index in [4.69, 9.17) is 10.2 Å². The summed E-state index contributed by atoms with van der Waals surface area (Å²) in [6.45, 7) is -0.658. The first kappa shape index (κ1) is 11.3. The van der Waals surface area contributed by atoms with Gasteiger partial charge in [0.15, 0.2) is 0 Å². The second-order valence-corrected chi connectivity index (χ2v) is 3.07. The summed E-state index contributed by atoms with van der Waals surface area (Å²) in [6, 6.07) is 0. The molecule has 4 unspecified atom stereocenters. The highest BCUT2D eigenvalue weighted by molar-refractivity contribution is 5.71. The van der Waals surface area contributed by atoms with Crippen molar-refractivity contribution in [3.63, 3.8) is 0 Å². The highest BCUT2D eigenvalue weighted by Gasteiger charge is 2.43. The number of carboxylic acid groups (broad SMARTS) is 1. The van der Waals surface area contributed by atoms with Crippen molar-refractivity contribution in [3.8, 4) is 0 Å². The van der Waals surface area contributed by atoms with Gasteiger partial charge in [-0.05, 0) is 0 Å². The molecule has 1 aliphatic heterocycles. The monoisotopic (exact) mass is 207 g/mol. The zero-order chi connectivity index (χ0) is 10.9. The predicted octanol–water partition coefficient (Wildman–Crippen LogP) is -4.42. The lowest BCUT2D eigenvalue weighted by molar-refractivity contribution is -0.333. The van der Waals surface area contributed by atoms with Crippen LogP contribution in [-0.2, 0) is 9.53 Å². The number of aliphatic carboxylic acids is 1. The number of carbonyl (C=O) groups excluding carboxylic acids is 1. The van der Waals surface area contributed by atoms with Crippen LogP contribution in [0.3, 0.4) is 0 Å². The molecule has 1 fully saturated rings. The highest BCUT2D eigenvalue weighted by atomic mass is 16.6. The lowest BCUT2D eigenvalue weighted by Crippen LogP contribution is -2.62. The molecule has 1 aliphatic rings. The zero-order valence-corrected chi connectivity index (χ0v) is 7.11. The van der Waals surface area contributed by atoms with E-state index in [1.165, 1.54) is 0 Å². The van der Waals surface area contributed by atoms with E-state index in [1.807, 2.05) is 0 Å². The number of rotatable bonds is 2. The first-order chi connectivity index (χ1) is 6.49. The maximum absolute atomic E-state index is 10.4. The Labute approximate surface area is 79.2 Å². The number of aliphatic hydroxyl groups excluding tert-OH is 4. The van der Waals surface area contributed by atoms with Gasteiger partial charge in [-0.3, -0.25) is 0 Å². The molecule has 0 aromatic carbocycles. The largest absolute Gasteiger partial charge is 0.547 e. The molecule has 1 heterocycles. The molecule has 7 heteroatoms. The van der Waals surface area contributed by atoms with Gasteiger partial charge in [-0.2, -0.15) is 0 Å². The van der Waals surface area contributed by atoms with Crippen LogP contribution in [0, 0.1) is 0 Å². The van der Waals surface area contributed by atoms with Crippen LogP contribution in [0.1, 0.15) is 0 Å². The minimum absolute atomic E-state index is 0.658. The molecule has 5 atom stereocenters. The van der Waals surface area contributed by atoms with E-state index < -0.39 is 43.1 Å². The fourth-order valence-electron chi connectivity index (χ4n) is 1.30. The number of carboxylic acids is 1. The van der Waals surface area contributed by atoms with Gasteiger partial charge >= 0.3 is 0 Å². The van der Waals surface area contributed by atoms with Crippen molar-refractivity contribution in [2.45, 2.75) is 30.5 Å². The lowest BCUT2D eigenvalue weighted by atomic mass is 9.95. The first-order valence-corrected chi connectivity index (χ1v) is 4.00. The number of ether oxygens (including phenoxy) is 1. The number of aliphatic hydroxyl groups is 4. The number of hydrogen-bond donors (Lipinski definition) is 4. The Kier molecular flexibility index (Phi) is 3.40. The second kappa shape index (κ2) is 4.20. The van der Waals surface area contributed by atoms with Gasteiger partial charge in [0.2, 0.25) is 0 Å². The van der Waals surface area contributed by atoms with Crippen LogP contribution < -0.4 is 5.11 Å². The van der Waals surface area contributed by atoms with E-state index >= 15 is 0 Å². The van der Waals surface area contributed by atoms with Crippen LogP contribution >= 0.6 is 0 Å². The Morgan fingerprint density at radius 3 is 2.21 bits per heavy atom. The second-order valence-electron chi connectivity index (χ2n) is 3.07. The van der Waals surface area contributed by atoms with Crippen molar-refractivity contribution in [1.82, 2.24) is 0 Å². The first-order valence-electron chi connectivity index (χ1n) is 4.00. The van der Waals surface area contributed by atoms with Gasteiger partial charge in [-0.15, -0.1) is 0 Å². The topological polar surface area (TPSA) is 130 Å². The standard InChI is InChI=1S/C7H12O7/c8-1-2-3(9)4(10)5(11)6(14-2)7(12)13/h2-6,8-11H,1H2,(H,12,13)/p-1/t2?,3?,4?,5?,6-/m0/s1. The smallest absolute Gasteiger partial charge is 0.126 e. The van der Waals surface area contributed by atoms with Crippen molar-refractivity contribution in [2.75, 3.05) is 6.61 Å². The van der Waals surface area contributed by atoms with Crippen molar-refractivity contribution in [2.24, 2.45) is 0 Å². The van der Waals surface area contributed by atoms with E-state index in [9.17, 15) is 20.1 Å². The van der Waals surface area contributed by atoms with Crippen LogP contribution in [-0.4, -0.2) is 63.5 Å². The molecule has 0 aromatic heterocycles. The van der Waals surface area contributed by atoms with Gasteiger partial charge in [0, 0.05) is 0 Å². The molecular weight excluding hydrogens is 196 g/mol. The van der Waals surface area contributed by atoms with Crippen molar-refractivity contribution < 1.29 is 35.1 Å². The summed E-state index contributed by atoms with van der Waals surface area (Å²) in [6.07, 6.45) is -7.95. The molecule has 82 valence electrons. The normalized spacial score (nSPS) is 43.6. The molecule has 4 N–H and O–H groups in total. The maximum Gasteiger partial charge on any atom is 0.126 e. The fraction of sp³-hybridized carbons (Fsp3) is 0.857. The molecule has 0 saturated carbocycles. The molecular formula is C7H11O7-. The summed E-state index contributed by atoms with van der Waals surface area (Å²) in [5.41, 5.74) is 0. The zero-order valence-electron chi connectivity index (χ0n) is 7.11. The van der Waals surface area contributed by atoms with E-state index in [1.54, 1.807) is 0 Å². The Morgan fingerprint density at radius 2 is 1.79 bits per heavy atom. The predicted molar refractivity (Wildman–Crippen MR) is 38.8 cm³/mol. The van der Waals surface area contributed by atoms with Crippen LogP contribution in [0.15, 0.2) is 0 Å². The van der Waals surface area contributed by atoms with Gasteiger partial charge < -0.3 is 35.1 Å². The maximum atomic E-state index is 10.4. The Morgan fingerprint density at radius 1 is 1.21 bits per heavy atom. The molecule has 0 aromatic rings. The van der Waals surface area contributed by atoms with Gasteiger partial charge in [0.1, 0.15) is 30.5 Å². The third kappa shape index (κ3) is 1.86. The van der Waals surface area contributed by atoms with Gasteiger partial charge in [-0.1, -0.05) is 0 Å². The molecule has 1 saturated heterocycles. The molecule has 0 bridgehead atoms. The Balaban J connectivity index is 2.78. The Bertz CT molecular complexity index is 216. The molecule has 0 amide bonds. The molecule has 14 heavy (non-hydrogen) atoms. The summed E-state index contributed by atoms with van der Waals surface area (Å²) < 4.78 is 4.62. The molecule has 0 aliphatic carbocycles. The molecule has 0 spiro atoms. The summed E-state index contributed by atoms with van der Waals surface area (Å²) in [7, 11) is 0. The quantitative estimate of drug-likeness (QED) is 0.359. The van der Waals surface area contributed by atoms with Gasteiger partial charge in [0.25, 0.3) is 0 Å². The molecule has 1 rings (SSSR count). The van der Waals surface area contributed by atoms with Crippen LogP contribution in [0.25, 0.3) is 0 Å². The average molecular weight is 207 g/mol. The third-order valence-electron chi connectivity index (χ3n) is 2.12. The van der Waals surface area contributed by atoms with Crippen molar-refractivity contribution in [3.05, 3.63) is 0 Å². The minimum Gasteiger partial charge on any atom is -0.547 e. The van der Waals surface area contributed by atoms with Crippen LogP contribution in [0.5, 0.6) is 0 Å². The Hall–Kier alpha value is -0.730. The summed E-state index contributed by atoms with van der Waals surface area (Å²) in [4.78, 5) is 10.4. The van der Waals surface area contributed by atoms with Crippen molar-refractivity contribution in [1.29, 1.82) is 0 Å². The van der Waals surface area contributed by atoms with E-state index in [2.05, 4.69) is 4.74 Å². The van der Waals surface area contributed by atoms with E-state index in [0.717, 1.165) is 0 Å². The number of carbonyl (C=O) groups is 1. The van der Waals surface area contributed by atoms with Crippen molar-refractivity contribution >= 4 is 5.97 Å². The van der Waals surface area contributed by atoms with Crippen LogP contribution in [0.2, 0.25) is 0 Å². The summed E-state index contributed by atoms with van der Waals surface area (Å²) in [5, 5.41) is 46.6. The summed E-state index contributed by atoms with van der Waals surface area (Å²) >= 11 is 0. The highest BCUT2D eigenvalue weighted by Crippen LogP contribution is 2.20. The lowest BCUT2D eigenvalue weighted by Gasteiger charge is -2.40. The SMILES string of the molecule is O=C([O-])[C@H]1OC(CO)C(O)C(O)C1O. The summed E-state index contributed by atoms with van der Waals surface area (Å²) in [5.74, 6) is -1.71. The van der Waals surface area contributed by atoms with Crippen LogP contribution in [0.4, 0.5) is 0 Å². The van der Waals surface area contributed by atoms with Gasteiger partial charge in [-0.25, -0.2) is 0 Å². The van der Waals surface area contributed by atoms with E-state index in [-0.39, 0.29) is 0 Å². The third-order valence-corrected chi connectivity index (χ3v) is 2.12. The average Bonchev–Trinajstić information content (AvgIpc) is 2.14. The molecule has 0 radical (unpaired) electrons. The van der Waals surface area contributed by atoms with E-state index in [0.29, 0.717) is 0 Å². The van der Waals surface area contributed by atoms with Gasteiger partial charge in [0.05, 0.1) is 12.6 Å². The fourth-order valence-corrected chi connectivity index (χ4v) is 1.30.